The van der Waals surface area contributed by atoms with Gasteiger partial charge in [0.1, 0.15) is 31.1 Å². The Morgan fingerprint density at radius 1 is 0.964 bits per heavy atom. The summed E-state index contributed by atoms with van der Waals surface area (Å²) < 4.78 is 25.0. The van der Waals surface area contributed by atoms with E-state index in [-0.39, 0.29) is 29.9 Å². The molecule has 0 radical (unpaired) electrons. The van der Waals surface area contributed by atoms with Crippen LogP contribution < -0.4 is 11.5 Å². The molecule has 2 aliphatic rings. The van der Waals surface area contributed by atoms with E-state index in [1.807, 2.05) is 18.2 Å². The van der Waals surface area contributed by atoms with Crippen LogP contribution in [0.2, 0.25) is 5.02 Å². The Morgan fingerprint density at radius 3 is 2.14 bits per heavy atom. The van der Waals surface area contributed by atoms with Gasteiger partial charge in [-0.2, -0.15) is 0 Å². The summed E-state index contributed by atoms with van der Waals surface area (Å²) in [5.41, 5.74) is 12.3. The molecule has 2 atom stereocenters. The number of nitrogens with zero attached hydrogens (tertiary/aromatic N) is 2. The fourth-order valence-corrected chi connectivity index (χ4v) is 3.38. The van der Waals surface area contributed by atoms with E-state index < -0.39 is 0 Å². The molecule has 4 N–H and O–H groups in total. The van der Waals surface area contributed by atoms with Crippen molar-refractivity contribution in [2.24, 2.45) is 21.5 Å². The molecule has 0 saturated carbocycles. The summed E-state index contributed by atoms with van der Waals surface area (Å²) in [7, 11) is 0. The Morgan fingerprint density at radius 2 is 1.61 bits per heavy atom. The standard InChI is InChI=1S/C9H8BrClN2O.C9H8BrFN2O/c10-6-2-1-5(3-7(6)11)8-4-14-9(12)13-8;10-5-1-2-6(7(11)3-5)8-4-14-9(12)13-8/h2*1-3,8H,4H2,(H2,12,13)/t8-;/m1./s1. The zero-order valence-electron chi connectivity index (χ0n) is 14.4. The topological polar surface area (TPSA) is 95.2 Å². The van der Waals surface area contributed by atoms with Gasteiger partial charge >= 0.3 is 0 Å². The van der Waals surface area contributed by atoms with Gasteiger partial charge in [-0.3, -0.25) is 0 Å². The molecule has 1 unspecified atom stereocenters. The van der Waals surface area contributed by atoms with Crippen LogP contribution >= 0.6 is 43.5 Å². The first kappa shape index (κ1) is 20.9. The molecule has 0 aromatic heterocycles. The lowest BCUT2D eigenvalue weighted by atomic mass is 10.1. The van der Waals surface area contributed by atoms with Crippen LogP contribution in [0.5, 0.6) is 0 Å². The first-order valence-corrected chi connectivity index (χ1v) is 10.1. The molecule has 0 bridgehead atoms. The maximum atomic E-state index is 13.4. The number of hydrogen-bond donors (Lipinski definition) is 2. The Hall–Kier alpha value is -1.84. The molecule has 0 fully saturated rings. The van der Waals surface area contributed by atoms with Gasteiger partial charge in [0.05, 0.1) is 5.02 Å². The second-order valence-electron chi connectivity index (χ2n) is 5.93. The Labute approximate surface area is 183 Å². The molecule has 0 spiro atoms. The number of rotatable bonds is 2. The second-order valence-corrected chi connectivity index (χ2v) is 8.10. The number of ether oxygens (including phenoxy) is 2. The van der Waals surface area contributed by atoms with Crippen molar-refractivity contribution < 1.29 is 13.9 Å². The van der Waals surface area contributed by atoms with E-state index in [1.54, 1.807) is 12.1 Å². The summed E-state index contributed by atoms with van der Waals surface area (Å²) in [6.45, 7) is 0.800. The summed E-state index contributed by atoms with van der Waals surface area (Å²) in [6.07, 6.45) is 0. The van der Waals surface area contributed by atoms with Crippen molar-refractivity contribution in [1.29, 1.82) is 0 Å². The van der Waals surface area contributed by atoms with Gasteiger partial charge in [0.2, 0.25) is 0 Å². The molecule has 2 aromatic carbocycles. The maximum Gasteiger partial charge on any atom is 0.282 e. The Kier molecular flexibility index (Phi) is 6.79. The highest BCUT2D eigenvalue weighted by Gasteiger charge is 2.22. The average Bonchev–Trinajstić information content (AvgIpc) is 3.26. The molecular weight excluding hydrogens is 518 g/mol. The van der Waals surface area contributed by atoms with E-state index in [0.717, 1.165) is 10.0 Å². The van der Waals surface area contributed by atoms with Crippen LogP contribution in [0.15, 0.2) is 55.3 Å². The Bertz CT molecular complexity index is 942. The molecule has 0 aliphatic carbocycles. The fourth-order valence-electron chi connectivity index (χ4n) is 2.61. The van der Waals surface area contributed by atoms with Gasteiger partial charge in [0, 0.05) is 14.5 Å². The highest BCUT2D eigenvalue weighted by atomic mass is 79.9. The number of nitrogens with two attached hydrogens (primary N) is 2. The highest BCUT2D eigenvalue weighted by molar-refractivity contribution is 9.10. The lowest BCUT2D eigenvalue weighted by Crippen LogP contribution is -2.10. The number of hydrogen-bond acceptors (Lipinski definition) is 6. The summed E-state index contributed by atoms with van der Waals surface area (Å²) in [5.74, 6) is -0.300. The van der Waals surface area contributed by atoms with E-state index in [0.29, 0.717) is 28.3 Å². The number of benzene rings is 2. The van der Waals surface area contributed by atoms with Crippen molar-refractivity contribution in [2.75, 3.05) is 13.2 Å². The molecule has 28 heavy (non-hydrogen) atoms. The quantitative estimate of drug-likeness (QED) is 0.595. The minimum Gasteiger partial charge on any atom is -0.463 e. The predicted molar refractivity (Wildman–Crippen MR) is 114 cm³/mol. The molecule has 4 rings (SSSR count). The van der Waals surface area contributed by atoms with Crippen molar-refractivity contribution in [2.45, 2.75) is 12.1 Å². The van der Waals surface area contributed by atoms with Crippen molar-refractivity contribution in [3.63, 3.8) is 0 Å². The molecule has 0 saturated heterocycles. The van der Waals surface area contributed by atoms with Crippen molar-refractivity contribution in [3.05, 3.63) is 67.3 Å². The molecule has 148 valence electrons. The minimum atomic E-state index is -0.317. The van der Waals surface area contributed by atoms with E-state index in [1.165, 1.54) is 6.07 Å². The Balaban J connectivity index is 0.000000161. The van der Waals surface area contributed by atoms with Crippen LogP contribution in [0, 0.1) is 5.82 Å². The number of aliphatic imine (C=N–C) groups is 2. The van der Waals surface area contributed by atoms with Gasteiger partial charge in [-0.15, -0.1) is 0 Å². The molecule has 2 heterocycles. The first-order chi connectivity index (χ1) is 13.3. The maximum absolute atomic E-state index is 13.4. The highest BCUT2D eigenvalue weighted by Crippen LogP contribution is 2.29. The van der Waals surface area contributed by atoms with Gasteiger partial charge in [-0.1, -0.05) is 39.7 Å². The minimum absolute atomic E-state index is 0.0272. The van der Waals surface area contributed by atoms with E-state index in [4.69, 9.17) is 32.5 Å². The normalized spacial score (nSPS) is 20.4. The lowest BCUT2D eigenvalue weighted by molar-refractivity contribution is 0.312. The van der Waals surface area contributed by atoms with Crippen LogP contribution in [0.4, 0.5) is 4.39 Å². The smallest absolute Gasteiger partial charge is 0.282 e. The molecule has 6 nitrogen and oxygen atoms in total. The van der Waals surface area contributed by atoms with Crippen LogP contribution in [0.25, 0.3) is 0 Å². The largest absolute Gasteiger partial charge is 0.463 e. The second kappa shape index (κ2) is 9.11. The van der Waals surface area contributed by atoms with Crippen LogP contribution in [0.1, 0.15) is 23.2 Å². The average molecular weight is 535 g/mol. The van der Waals surface area contributed by atoms with Gasteiger partial charge < -0.3 is 20.9 Å². The van der Waals surface area contributed by atoms with Gasteiger partial charge in [-0.25, -0.2) is 14.4 Å². The van der Waals surface area contributed by atoms with Gasteiger partial charge in [-0.05, 0) is 45.8 Å². The number of amidine groups is 2. The molecule has 2 aromatic rings. The summed E-state index contributed by atoms with van der Waals surface area (Å²) >= 11 is 12.5. The SMILES string of the molecule is NC1=NC(c2ccc(Br)cc2F)CO1.NC1=N[C@@H](c2ccc(Br)c(Cl)c2)CO1. The van der Waals surface area contributed by atoms with Crippen LogP contribution in [-0.2, 0) is 9.47 Å². The van der Waals surface area contributed by atoms with E-state index >= 15 is 0 Å². The lowest BCUT2D eigenvalue weighted by Gasteiger charge is -2.06. The molecular formula is C18H16Br2ClFN4O2. The van der Waals surface area contributed by atoms with E-state index in [9.17, 15) is 4.39 Å². The molecule has 0 amide bonds. The summed E-state index contributed by atoms with van der Waals surface area (Å²) in [4.78, 5) is 8.09. The third-order valence-electron chi connectivity index (χ3n) is 3.99. The molecule has 2 aliphatic heterocycles. The van der Waals surface area contributed by atoms with Gasteiger partial charge in [0.25, 0.3) is 12.0 Å². The third-order valence-corrected chi connectivity index (χ3v) is 5.72. The van der Waals surface area contributed by atoms with Crippen molar-refractivity contribution in [1.82, 2.24) is 0 Å². The summed E-state index contributed by atoms with van der Waals surface area (Å²) in [6, 6.07) is 10.6. The predicted octanol–water partition coefficient (Wildman–Crippen LogP) is 4.46. The van der Waals surface area contributed by atoms with E-state index in [2.05, 4.69) is 41.8 Å². The molecule has 10 heteroatoms. The number of halogens is 4. The summed E-state index contributed by atoms with van der Waals surface area (Å²) in [5, 5.41) is 0.670. The van der Waals surface area contributed by atoms with Crippen molar-refractivity contribution in [3.8, 4) is 0 Å². The zero-order chi connectivity index (χ0) is 20.3. The van der Waals surface area contributed by atoms with Crippen LogP contribution in [0.3, 0.4) is 0 Å². The van der Waals surface area contributed by atoms with Crippen molar-refractivity contribution >= 4 is 55.5 Å². The first-order valence-electron chi connectivity index (χ1n) is 8.15. The zero-order valence-corrected chi connectivity index (χ0v) is 18.3. The third kappa shape index (κ3) is 5.15. The van der Waals surface area contributed by atoms with Crippen LogP contribution in [-0.4, -0.2) is 25.3 Å². The monoisotopic (exact) mass is 532 g/mol. The van der Waals surface area contributed by atoms with Gasteiger partial charge in [0.15, 0.2) is 0 Å². The fraction of sp³-hybridized carbons (Fsp3) is 0.222.